The van der Waals surface area contributed by atoms with Gasteiger partial charge >= 0.3 is 0 Å². The van der Waals surface area contributed by atoms with E-state index in [0.29, 0.717) is 0 Å². The molecular weight excluding hydrogens is 238 g/mol. The number of carbonyl (C=O) groups excluding carboxylic acids is 1. The van der Waals surface area contributed by atoms with E-state index in [4.69, 9.17) is 0 Å². The number of benzene rings is 1. The number of nitrogens with zero attached hydrogens (tertiary/aromatic N) is 1. The second-order valence-electron chi connectivity index (χ2n) is 4.87. The summed E-state index contributed by atoms with van der Waals surface area (Å²) in [5, 5.41) is 7.28. The number of hydrogen-bond acceptors (Lipinski definition) is 3. The first kappa shape index (κ1) is 12.1. The number of hydrogen-bond donors (Lipinski definition) is 2. The maximum atomic E-state index is 12.2. The highest BCUT2D eigenvalue weighted by molar-refractivity contribution is 6.02. The largest absolute Gasteiger partial charge is 0.323 e. The Bertz CT molecular complexity index is 585. The van der Waals surface area contributed by atoms with Gasteiger partial charge in [-0.25, -0.2) is 0 Å². The highest BCUT2D eigenvalue weighted by Crippen LogP contribution is 2.21. The molecule has 0 radical (unpaired) electrons. The monoisotopic (exact) mass is 255 g/mol. The number of fused-ring (bicyclic) bond motifs is 1. The summed E-state index contributed by atoms with van der Waals surface area (Å²) in [4.78, 5) is 16.6. The van der Waals surface area contributed by atoms with Gasteiger partial charge in [0.25, 0.3) is 0 Å². The Labute approximate surface area is 112 Å². The minimum atomic E-state index is -0.0762. The lowest BCUT2D eigenvalue weighted by molar-refractivity contribution is -0.118. The van der Waals surface area contributed by atoms with Crippen LogP contribution in [-0.2, 0) is 4.79 Å². The third kappa shape index (κ3) is 2.58. The maximum Gasteiger partial charge on any atom is 0.241 e. The molecule has 1 aliphatic rings. The van der Waals surface area contributed by atoms with Crippen molar-refractivity contribution in [1.82, 2.24) is 10.3 Å². The molecule has 1 aliphatic heterocycles. The molecule has 98 valence electrons. The van der Waals surface area contributed by atoms with Gasteiger partial charge < -0.3 is 10.6 Å². The molecule has 1 aromatic heterocycles. The van der Waals surface area contributed by atoms with Crippen LogP contribution in [0.1, 0.15) is 19.3 Å². The van der Waals surface area contributed by atoms with E-state index in [2.05, 4.69) is 15.6 Å². The van der Waals surface area contributed by atoms with Gasteiger partial charge in [-0.2, -0.15) is 0 Å². The molecule has 2 N–H and O–H groups in total. The quantitative estimate of drug-likeness (QED) is 0.866. The van der Waals surface area contributed by atoms with Crippen molar-refractivity contribution in [3.63, 3.8) is 0 Å². The minimum Gasteiger partial charge on any atom is -0.323 e. The van der Waals surface area contributed by atoms with Crippen molar-refractivity contribution < 1.29 is 4.79 Å². The van der Waals surface area contributed by atoms with Gasteiger partial charge in [0.15, 0.2) is 0 Å². The number of rotatable bonds is 2. The van der Waals surface area contributed by atoms with E-state index in [9.17, 15) is 4.79 Å². The number of aromatic nitrogens is 1. The fraction of sp³-hybridized carbons (Fsp3) is 0.333. The summed E-state index contributed by atoms with van der Waals surface area (Å²) in [7, 11) is 0. The lowest BCUT2D eigenvalue weighted by atomic mass is 10.0. The molecule has 0 spiro atoms. The number of carbonyl (C=O) groups is 1. The summed E-state index contributed by atoms with van der Waals surface area (Å²) >= 11 is 0. The topological polar surface area (TPSA) is 54.0 Å². The minimum absolute atomic E-state index is 0.0397. The SMILES string of the molecule is O=C(Nc1cccc2cccnc12)[C@@H]1CCCCN1. The lowest BCUT2D eigenvalue weighted by Gasteiger charge is -2.22. The second-order valence-corrected chi connectivity index (χ2v) is 4.87. The van der Waals surface area contributed by atoms with Crippen molar-refractivity contribution in [2.45, 2.75) is 25.3 Å². The Balaban J connectivity index is 1.82. The predicted octanol–water partition coefficient (Wildman–Crippen LogP) is 2.32. The average Bonchev–Trinajstić information content (AvgIpc) is 2.48. The van der Waals surface area contributed by atoms with Crippen LogP contribution in [0.25, 0.3) is 10.9 Å². The van der Waals surface area contributed by atoms with Crippen molar-refractivity contribution in [3.05, 3.63) is 36.5 Å². The van der Waals surface area contributed by atoms with Gasteiger partial charge in [-0.3, -0.25) is 9.78 Å². The van der Waals surface area contributed by atoms with Gasteiger partial charge in [0.1, 0.15) is 0 Å². The molecule has 1 amide bonds. The molecule has 2 aromatic rings. The molecule has 0 unspecified atom stereocenters. The van der Waals surface area contributed by atoms with E-state index in [0.717, 1.165) is 42.4 Å². The Morgan fingerprint density at radius 2 is 2.16 bits per heavy atom. The van der Waals surface area contributed by atoms with Crippen LogP contribution < -0.4 is 10.6 Å². The normalized spacial score (nSPS) is 19.3. The summed E-state index contributed by atoms with van der Waals surface area (Å²) in [5.41, 5.74) is 1.63. The average molecular weight is 255 g/mol. The maximum absolute atomic E-state index is 12.2. The molecule has 0 saturated carbocycles. The molecule has 0 aliphatic carbocycles. The van der Waals surface area contributed by atoms with Gasteiger partial charge in [-0.05, 0) is 31.5 Å². The molecule has 1 aromatic carbocycles. The Morgan fingerprint density at radius 1 is 1.26 bits per heavy atom. The predicted molar refractivity (Wildman–Crippen MR) is 76.0 cm³/mol. The Morgan fingerprint density at radius 3 is 3.00 bits per heavy atom. The summed E-state index contributed by atoms with van der Waals surface area (Å²) in [6, 6.07) is 9.65. The van der Waals surface area contributed by atoms with Gasteiger partial charge in [-0.1, -0.05) is 24.6 Å². The van der Waals surface area contributed by atoms with E-state index in [1.165, 1.54) is 0 Å². The zero-order valence-corrected chi connectivity index (χ0v) is 10.7. The molecule has 4 heteroatoms. The van der Waals surface area contributed by atoms with Gasteiger partial charge in [0.05, 0.1) is 17.2 Å². The van der Waals surface area contributed by atoms with Crippen molar-refractivity contribution in [3.8, 4) is 0 Å². The van der Waals surface area contributed by atoms with Crippen LogP contribution in [0, 0.1) is 0 Å². The first-order valence-corrected chi connectivity index (χ1v) is 6.72. The number of nitrogens with one attached hydrogen (secondary N) is 2. The zero-order valence-electron chi connectivity index (χ0n) is 10.7. The molecule has 1 fully saturated rings. The van der Waals surface area contributed by atoms with Gasteiger partial charge in [-0.15, -0.1) is 0 Å². The van der Waals surface area contributed by atoms with Crippen LogP contribution in [0.15, 0.2) is 36.5 Å². The fourth-order valence-electron chi connectivity index (χ4n) is 2.50. The van der Waals surface area contributed by atoms with E-state index < -0.39 is 0 Å². The van der Waals surface area contributed by atoms with E-state index >= 15 is 0 Å². The first-order chi connectivity index (χ1) is 9.34. The summed E-state index contributed by atoms with van der Waals surface area (Å²) in [5.74, 6) is 0.0397. The van der Waals surface area contributed by atoms with Crippen molar-refractivity contribution in [2.75, 3.05) is 11.9 Å². The first-order valence-electron chi connectivity index (χ1n) is 6.72. The number of pyridine rings is 1. The van der Waals surface area contributed by atoms with Crippen molar-refractivity contribution >= 4 is 22.5 Å². The molecule has 2 heterocycles. The Kier molecular flexibility index (Phi) is 3.42. The van der Waals surface area contributed by atoms with Crippen LogP contribution in [0.4, 0.5) is 5.69 Å². The highest BCUT2D eigenvalue weighted by atomic mass is 16.2. The zero-order chi connectivity index (χ0) is 13.1. The fourth-order valence-corrected chi connectivity index (χ4v) is 2.50. The van der Waals surface area contributed by atoms with Crippen LogP contribution in [0.3, 0.4) is 0 Å². The number of anilines is 1. The summed E-state index contributed by atoms with van der Waals surface area (Å²) in [6.07, 6.45) is 4.92. The van der Waals surface area contributed by atoms with Crippen LogP contribution in [0.5, 0.6) is 0 Å². The van der Waals surface area contributed by atoms with Crippen molar-refractivity contribution in [1.29, 1.82) is 0 Å². The van der Waals surface area contributed by atoms with Gasteiger partial charge in [0, 0.05) is 11.6 Å². The van der Waals surface area contributed by atoms with E-state index in [1.807, 2.05) is 30.3 Å². The molecule has 4 nitrogen and oxygen atoms in total. The summed E-state index contributed by atoms with van der Waals surface area (Å²) < 4.78 is 0. The molecule has 1 saturated heterocycles. The second kappa shape index (κ2) is 5.36. The highest BCUT2D eigenvalue weighted by Gasteiger charge is 2.20. The number of para-hydroxylation sites is 1. The van der Waals surface area contributed by atoms with Crippen LogP contribution in [-0.4, -0.2) is 23.5 Å². The third-order valence-corrected chi connectivity index (χ3v) is 3.52. The number of piperidine rings is 1. The molecule has 1 atom stereocenters. The van der Waals surface area contributed by atoms with E-state index in [-0.39, 0.29) is 11.9 Å². The standard InChI is InChI=1S/C15H17N3O/c19-15(13-7-1-2-9-16-13)18-12-8-3-5-11-6-4-10-17-14(11)12/h3-6,8,10,13,16H,1-2,7,9H2,(H,18,19)/t13-/m0/s1. The smallest absolute Gasteiger partial charge is 0.241 e. The summed E-state index contributed by atoms with van der Waals surface area (Å²) in [6.45, 7) is 0.922. The number of amides is 1. The lowest BCUT2D eigenvalue weighted by Crippen LogP contribution is -2.43. The van der Waals surface area contributed by atoms with Crippen LogP contribution >= 0.6 is 0 Å². The van der Waals surface area contributed by atoms with Gasteiger partial charge in [0.2, 0.25) is 5.91 Å². The molecular formula is C15H17N3O. The molecule has 3 rings (SSSR count). The third-order valence-electron chi connectivity index (χ3n) is 3.52. The van der Waals surface area contributed by atoms with E-state index in [1.54, 1.807) is 6.20 Å². The molecule has 0 bridgehead atoms. The van der Waals surface area contributed by atoms with Crippen molar-refractivity contribution in [2.24, 2.45) is 0 Å². The Hall–Kier alpha value is -1.94. The van der Waals surface area contributed by atoms with Crippen LogP contribution in [0.2, 0.25) is 0 Å². The molecule has 19 heavy (non-hydrogen) atoms.